The maximum atomic E-state index is 12.3. The number of nitrogens with zero attached hydrogens (tertiary/aromatic N) is 4. The Hall–Kier alpha value is -1.18. The molecule has 13 nitrogen and oxygen atoms in total. The van der Waals surface area contributed by atoms with E-state index in [1.54, 1.807) is 0 Å². The van der Waals surface area contributed by atoms with Crippen LogP contribution in [0.1, 0.15) is 45.8 Å². The van der Waals surface area contributed by atoms with Crippen LogP contribution in [0.3, 0.4) is 0 Å². The zero-order chi connectivity index (χ0) is 22.9. The molecule has 0 aromatic carbocycles. The quantitative estimate of drug-likeness (QED) is 0.314. The first-order chi connectivity index (χ1) is 15.3. The summed E-state index contributed by atoms with van der Waals surface area (Å²) in [6, 6.07) is 0. The molecule has 15 heteroatoms. The molecule has 0 saturated carbocycles. The normalized spacial score (nSPS) is 28.7. The molecule has 2 aliphatic rings. The Morgan fingerprint density at radius 1 is 1.27 bits per heavy atom. The number of nitrogens with one attached hydrogen (secondary N) is 1. The first-order valence-corrected chi connectivity index (χ1v) is 11.8. The van der Waals surface area contributed by atoms with Crippen LogP contribution in [0, 0.1) is 0 Å². The van der Waals surface area contributed by atoms with E-state index < -0.39 is 38.3 Å². The fourth-order valence-electron chi connectivity index (χ4n) is 3.64. The number of esters is 1. The molecule has 0 spiro atoms. The molecule has 2 N–H and O–H groups in total. The minimum Gasteiger partial charge on any atom is -0.455 e. The molecule has 1 unspecified atom stereocenters. The number of fused-ring (bicyclic) bond motifs is 2. The van der Waals surface area contributed by atoms with Crippen molar-refractivity contribution >= 4 is 74.4 Å². The number of phosphoric ester groups is 1. The van der Waals surface area contributed by atoms with E-state index in [2.05, 4.69) is 20.3 Å². The minimum atomic E-state index is -4.30. The molecule has 2 saturated heterocycles. The second-order valence-electron chi connectivity index (χ2n) is 7.45. The van der Waals surface area contributed by atoms with E-state index in [0.29, 0.717) is 30.4 Å². The number of rotatable bonds is 7. The summed E-state index contributed by atoms with van der Waals surface area (Å²) in [4.78, 5) is 46.7. The number of phosphoric acid groups is 1. The smallest absolute Gasteiger partial charge is 0.455 e. The summed E-state index contributed by atoms with van der Waals surface area (Å²) in [7, 11) is -4.30. The molecular formula is C18H24CaN5O8P. The summed E-state index contributed by atoms with van der Waals surface area (Å²) in [5.74, 6) is -0.469. The Bertz CT molecular complexity index is 1070. The van der Waals surface area contributed by atoms with Gasteiger partial charge in [-0.15, -0.1) is 0 Å². The van der Waals surface area contributed by atoms with Crippen LogP contribution in [-0.4, -0.2) is 98.9 Å². The van der Waals surface area contributed by atoms with Gasteiger partial charge in [0.15, 0.2) is 29.3 Å². The third-order valence-corrected chi connectivity index (χ3v) is 6.02. The molecule has 2 aliphatic heterocycles. The van der Waals surface area contributed by atoms with Crippen molar-refractivity contribution in [3.63, 3.8) is 0 Å². The second-order valence-corrected chi connectivity index (χ2v) is 8.85. The molecule has 4 heterocycles. The summed E-state index contributed by atoms with van der Waals surface area (Å²) >= 11 is 0. The van der Waals surface area contributed by atoms with Crippen LogP contribution in [0.5, 0.6) is 0 Å². The first kappa shape index (κ1) is 26.4. The second kappa shape index (κ2) is 11.0. The van der Waals surface area contributed by atoms with Crippen LogP contribution < -0.4 is 5.32 Å². The van der Waals surface area contributed by atoms with Gasteiger partial charge >= 0.3 is 13.8 Å². The zero-order valence-electron chi connectivity index (χ0n) is 18.2. The predicted molar refractivity (Wildman–Crippen MR) is 114 cm³/mol. The molecule has 2 fully saturated rings. The van der Waals surface area contributed by atoms with Gasteiger partial charge in [0, 0.05) is 50.6 Å². The van der Waals surface area contributed by atoms with Crippen molar-refractivity contribution in [2.24, 2.45) is 0 Å². The van der Waals surface area contributed by atoms with E-state index in [4.69, 9.17) is 18.5 Å². The number of aromatic nitrogens is 4. The number of hydrogen-bond donors (Lipinski definition) is 2. The van der Waals surface area contributed by atoms with Gasteiger partial charge in [0.05, 0.1) is 12.9 Å². The van der Waals surface area contributed by atoms with E-state index in [-0.39, 0.29) is 62.5 Å². The van der Waals surface area contributed by atoms with Crippen LogP contribution in [0.25, 0.3) is 11.2 Å². The van der Waals surface area contributed by atoms with Crippen LogP contribution in [0.4, 0.5) is 5.82 Å². The van der Waals surface area contributed by atoms with Gasteiger partial charge in [-0.25, -0.2) is 19.5 Å². The Balaban J connectivity index is 0.00000306. The topological polar surface area (TPSA) is 164 Å². The summed E-state index contributed by atoms with van der Waals surface area (Å²) in [6.07, 6.45) is 0.639. The fourth-order valence-corrected chi connectivity index (χ4v) is 4.60. The monoisotopic (exact) mass is 509 g/mol. The van der Waals surface area contributed by atoms with E-state index in [1.165, 1.54) is 17.2 Å². The Morgan fingerprint density at radius 3 is 2.76 bits per heavy atom. The number of anilines is 1. The van der Waals surface area contributed by atoms with E-state index >= 15 is 0 Å². The number of carbonyl (C=O) groups is 2. The molecule has 2 aromatic rings. The first-order valence-electron chi connectivity index (χ1n) is 10.3. The van der Waals surface area contributed by atoms with Gasteiger partial charge in [-0.05, 0) is 12.8 Å². The summed E-state index contributed by atoms with van der Waals surface area (Å²) in [6.45, 7) is 3.50. The number of carbonyl (C=O) groups excluding carboxylic acids is 2. The zero-order valence-corrected chi connectivity index (χ0v) is 21.4. The standard InChI is InChI=1S/C18H24N5O8P.Ca/c1-3-5-11(24)22-16-13-17(20-8-19-16)23(9-21-13)18-15(30-12(25)6-4-2)14-10(29-18)7-28-32(26,27)31-14;/h8-10,14-15,18H,3-7H2,1-2H3,(H,26,27)(H,19,20,22,24);/t10-,14-,15-,18-;/m1./s1. The van der Waals surface area contributed by atoms with Crippen molar-refractivity contribution in [2.45, 2.75) is 64.1 Å². The van der Waals surface area contributed by atoms with Crippen molar-refractivity contribution in [1.29, 1.82) is 0 Å². The maximum Gasteiger partial charge on any atom is 0.472 e. The third kappa shape index (κ3) is 5.73. The van der Waals surface area contributed by atoms with Gasteiger partial charge < -0.3 is 19.7 Å². The number of imidazole rings is 1. The van der Waals surface area contributed by atoms with Crippen LogP contribution >= 0.6 is 7.82 Å². The summed E-state index contributed by atoms with van der Waals surface area (Å²) in [5.41, 5.74) is 0.638. The maximum absolute atomic E-state index is 12.3. The number of amides is 1. The average molecular weight is 509 g/mol. The minimum absolute atomic E-state index is 0. The van der Waals surface area contributed by atoms with Gasteiger partial charge in [0.2, 0.25) is 5.91 Å². The van der Waals surface area contributed by atoms with Gasteiger partial charge in [0.25, 0.3) is 0 Å². The van der Waals surface area contributed by atoms with Crippen molar-refractivity contribution < 1.29 is 37.6 Å². The van der Waals surface area contributed by atoms with Crippen LogP contribution in [0.15, 0.2) is 12.7 Å². The predicted octanol–water partition coefficient (Wildman–Crippen LogP) is 1.31. The summed E-state index contributed by atoms with van der Waals surface area (Å²) in [5, 5.41) is 2.70. The van der Waals surface area contributed by atoms with Crippen molar-refractivity contribution in [1.82, 2.24) is 19.5 Å². The molecule has 5 atom stereocenters. The van der Waals surface area contributed by atoms with Gasteiger partial charge in [0.1, 0.15) is 18.5 Å². The largest absolute Gasteiger partial charge is 0.472 e. The van der Waals surface area contributed by atoms with E-state index in [9.17, 15) is 19.0 Å². The van der Waals surface area contributed by atoms with Crippen LogP contribution in [0.2, 0.25) is 0 Å². The SMILES string of the molecule is CCCC(=O)Nc1ncnc2c1ncn2[C@@H]1O[C@@H]2COP(=O)(O)O[C@H]2[C@H]1OC(=O)CCC.[Ca]. The van der Waals surface area contributed by atoms with Crippen molar-refractivity contribution in [2.75, 3.05) is 11.9 Å². The average Bonchev–Trinajstić information content (AvgIpc) is 3.30. The number of ether oxygens (including phenoxy) is 2. The molecule has 176 valence electrons. The van der Waals surface area contributed by atoms with Gasteiger partial charge in [-0.2, -0.15) is 0 Å². The summed E-state index contributed by atoms with van der Waals surface area (Å²) < 4.78 is 35.1. The fraction of sp³-hybridized carbons (Fsp3) is 0.611. The van der Waals surface area contributed by atoms with E-state index in [1.807, 2.05) is 13.8 Å². The van der Waals surface area contributed by atoms with E-state index in [0.717, 1.165) is 0 Å². The molecule has 4 rings (SSSR count). The Morgan fingerprint density at radius 2 is 2.03 bits per heavy atom. The third-order valence-electron chi connectivity index (χ3n) is 5.03. The molecular weight excluding hydrogens is 485 g/mol. The van der Waals surface area contributed by atoms with Crippen LogP contribution in [-0.2, 0) is 32.7 Å². The van der Waals surface area contributed by atoms with Crippen molar-refractivity contribution in [3.8, 4) is 0 Å². The molecule has 1 amide bonds. The molecule has 2 aromatic heterocycles. The Kier molecular flexibility index (Phi) is 8.84. The van der Waals surface area contributed by atoms with Gasteiger partial charge in [-0.3, -0.25) is 23.2 Å². The molecule has 0 aliphatic carbocycles. The molecule has 0 bridgehead atoms. The number of hydrogen-bond acceptors (Lipinski definition) is 10. The molecule has 33 heavy (non-hydrogen) atoms. The van der Waals surface area contributed by atoms with Crippen molar-refractivity contribution in [3.05, 3.63) is 12.7 Å². The molecule has 2 radical (unpaired) electrons. The Labute approximate surface area is 219 Å². The van der Waals surface area contributed by atoms with Gasteiger partial charge in [-0.1, -0.05) is 13.8 Å².